The van der Waals surface area contributed by atoms with Gasteiger partial charge in [0, 0.05) is 11.8 Å². The summed E-state index contributed by atoms with van der Waals surface area (Å²) in [6.07, 6.45) is 5.13. The molecule has 2 heteroatoms. The molecule has 0 aromatic carbocycles. The van der Waals surface area contributed by atoms with Crippen LogP contribution in [-0.2, 0) is 9.47 Å². The van der Waals surface area contributed by atoms with Gasteiger partial charge < -0.3 is 9.47 Å². The van der Waals surface area contributed by atoms with Crippen molar-refractivity contribution < 1.29 is 9.47 Å². The molecule has 1 spiro atoms. The molecule has 1 saturated heterocycles. The molecule has 0 radical (unpaired) electrons. The lowest BCUT2D eigenvalue weighted by Gasteiger charge is -2.45. The molecule has 76 valence electrons. The number of rotatable bonds is 0. The summed E-state index contributed by atoms with van der Waals surface area (Å²) < 4.78 is 11.9. The van der Waals surface area contributed by atoms with E-state index < -0.39 is 0 Å². The molecule has 1 aliphatic carbocycles. The van der Waals surface area contributed by atoms with Crippen molar-refractivity contribution in [2.45, 2.75) is 58.3 Å². The summed E-state index contributed by atoms with van der Waals surface area (Å²) in [5, 5.41) is 0. The van der Waals surface area contributed by atoms with E-state index in [1.54, 1.807) is 0 Å². The van der Waals surface area contributed by atoms with Gasteiger partial charge in [-0.1, -0.05) is 20.3 Å². The minimum Gasteiger partial charge on any atom is -0.347 e. The van der Waals surface area contributed by atoms with Gasteiger partial charge in [-0.3, -0.25) is 0 Å². The zero-order chi connectivity index (χ0) is 9.53. The predicted molar refractivity (Wildman–Crippen MR) is 51.5 cm³/mol. The van der Waals surface area contributed by atoms with Crippen LogP contribution >= 0.6 is 0 Å². The molecule has 2 atom stereocenters. The van der Waals surface area contributed by atoms with Gasteiger partial charge in [-0.2, -0.15) is 0 Å². The Kier molecular flexibility index (Phi) is 2.16. The number of ether oxygens (including phenoxy) is 2. The third-order valence-corrected chi connectivity index (χ3v) is 3.53. The highest BCUT2D eigenvalue weighted by Crippen LogP contribution is 2.49. The SMILES string of the molecule is CC1COC2(CCCCC2(C)C)O1. The zero-order valence-corrected chi connectivity index (χ0v) is 8.93. The molecule has 1 aliphatic heterocycles. The smallest absolute Gasteiger partial charge is 0.173 e. The van der Waals surface area contributed by atoms with Gasteiger partial charge in [0.1, 0.15) is 0 Å². The van der Waals surface area contributed by atoms with Crippen LogP contribution in [0, 0.1) is 5.41 Å². The fourth-order valence-corrected chi connectivity index (χ4v) is 2.58. The first-order valence-corrected chi connectivity index (χ1v) is 5.38. The van der Waals surface area contributed by atoms with Gasteiger partial charge >= 0.3 is 0 Å². The van der Waals surface area contributed by atoms with Crippen LogP contribution in [0.25, 0.3) is 0 Å². The summed E-state index contributed by atoms with van der Waals surface area (Å²) in [6, 6.07) is 0. The molecule has 0 bridgehead atoms. The van der Waals surface area contributed by atoms with E-state index in [1.807, 2.05) is 0 Å². The van der Waals surface area contributed by atoms with Gasteiger partial charge in [-0.25, -0.2) is 0 Å². The quantitative estimate of drug-likeness (QED) is 0.576. The van der Waals surface area contributed by atoms with E-state index in [-0.39, 0.29) is 17.3 Å². The summed E-state index contributed by atoms with van der Waals surface area (Å²) in [6.45, 7) is 7.40. The van der Waals surface area contributed by atoms with Crippen LogP contribution < -0.4 is 0 Å². The lowest BCUT2D eigenvalue weighted by Crippen LogP contribution is -2.48. The molecule has 2 aliphatic rings. The third-order valence-electron chi connectivity index (χ3n) is 3.53. The molecular formula is C11H20O2. The molecule has 2 rings (SSSR count). The Hall–Kier alpha value is -0.0800. The summed E-state index contributed by atoms with van der Waals surface area (Å²) in [7, 11) is 0. The lowest BCUT2D eigenvalue weighted by atomic mass is 9.72. The summed E-state index contributed by atoms with van der Waals surface area (Å²) in [5.74, 6) is -0.259. The van der Waals surface area contributed by atoms with E-state index in [0.29, 0.717) is 0 Å². The van der Waals surface area contributed by atoms with E-state index in [2.05, 4.69) is 20.8 Å². The van der Waals surface area contributed by atoms with Crippen LogP contribution in [-0.4, -0.2) is 18.5 Å². The maximum atomic E-state index is 5.98. The van der Waals surface area contributed by atoms with Crippen molar-refractivity contribution in [3.63, 3.8) is 0 Å². The first-order chi connectivity index (χ1) is 6.06. The van der Waals surface area contributed by atoms with Gasteiger partial charge in [0.15, 0.2) is 5.79 Å². The Morgan fingerprint density at radius 1 is 1.15 bits per heavy atom. The fraction of sp³-hybridized carbons (Fsp3) is 1.00. The van der Waals surface area contributed by atoms with Crippen LogP contribution in [0.4, 0.5) is 0 Å². The Morgan fingerprint density at radius 3 is 2.38 bits per heavy atom. The summed E-state index contributed by atoms with van der Waals surface area (Å²) >= 11 is 0. The minimum absolute atomic E-state index is 0.190. The summed E-state index contributed by atoms with van der Waals surface area (Å²) in [5.41, 5.74) is 0.190. The standard InChI is InChI=1S/C11H20O2/c1-9-8-12-11(13-9)7-5-4-6-10(11,2)3/h9H,4-8H2,1-3H3. The monoisotopic (exact) mass is 184 g/mol. The Morgan fingerprint density at radius 2 is 1.85 bits per heavy atom. The second kappa shape index (κ2) is 2.96. The first kappa shape index (κ1) is 9.47. The maximum Gasteiger partial charge on any atom is 0.173 e. The topological polar surface area (TPSA) is 18.5 Å². The molecule has 2 fully saturated rings. The Balaban J connectivity index is 2.19. The normalized spacial score (nSPS) is 44.1. The molecule has 0 aromatic heterocycles. The van der Waals surface area contributed by atoms with Crippen molar-refractivity contribution in [2.24, 2.45) is 5.41 Å². The highest BCUT2D eigenvalue weighted by atomic mass is 16.7. The average molecular weight is 184 g/mol. The molecule has 0 amide bonds. The van der Waals surface area contributed by atoms with Gasteiger partial charge in [0.2, 0.25) is 0 Å². The average Bonchev–Trinajstić information content (AvgIpc) is 2.41. The molecule has 2 nitrogen and oxygen atoms in total. The molecular weight excluding hydrogens is 164 g/mol. The van der Waals surface area contributed by atoms with E-state index in [4.69, 9.17) is 9.47 Å². The van der Waals surface area contributed by atoms with Crippen LogP contribution in [0.2, 0.25) is 0 Å². The van der Waals surface area contributed by atoms with Crippen molar-refractivity contribution >= 4 is 0 Å². The van der Waals surface area contributed by atoms with Crippen molar-refractivity contribution in [2.75, 3.05) is 6.61 Å². The van der Waals surface area contributed by atoms with Gasteiger partial charge in [0.05, 0.1) is 12.7 Å². The van der Waals surface area contributed by atoms with E-state index in [0.717, 1.165) is 13.0 Å². The minimum atomic E-state index is -0.259. The molecule has 0 aromatic rings. The first-order valence-electron chi connectivity index (χ1n) is 5.38. The predicted octanol–water partition coefficient (Wildman–Crippen LogP) is 2.72. The zero-order valence-electron chi connectivity index (χ0n) is 8.93. The van der Waals surface area contributed by atoms with Gasteiger partial charge in [-0.15, -0.1) is 0 Å². The van der Waals surface area contributed by atoms with Crippen molar-refractivity contribution in [1.82, 2.24) is 0 Å². The summed E-state index contributed by atoms with van der Waals surface area (Å²) in [4.78, 5) is 0. The second-order valence-corrected chi connectivity index (χ2v) is 5.08. The Bertz CT molecular complexity index is 196. The third kappa shape index (κ3) is 1.40. The second-order valence-electron chi connectivity index (χ2n) is 5.08. The van der Waals surface area contributed by atoms with Crippen molar-refractivity contribution in [3.8, 4) is 0 Å². The number of hydrogen-bond donors (Lipinski definition) is 0. The molecule has 1 saturated carbocycles. The van der Waals surface area contributed by atoms with Crippen molar-refractivity contribution in [3.05, 3.63) is 0 Å². The van der Waals surface area contributed by atoms with Crippen molar-refractivity contribution in [1.29, 1.82) is 0 Å². The van der Waals surface area contributed by atoms with E-state index >= 15 is 0 Å². The van der Waals surface area contributed by atoms with Crippen LogP contribution in [0.3, 0.4) is 0 Å². The van der Waals surface area contributed by atoms with Gasteiger partial charge in [-0.05, 0) is 19.8 Å². The highest BCUT2D eigenvalue weighted by Gasteiger charge is 2.52. The van der Waals surface area contributed by atoms with E-state index in [1.165, 1.54) is 19.3 Å². The Labute approximate surface area is 80.6 Å². The molecule has 13 heavy (non-hydrogen) atoms. The molecule has 0 N–H and O–H groups in total. The fourth-order valence-electron chi connectivity index (χ4n) is 2.58. The lowest BCUT2D eigenvalue weighted by molar-refractivity contribution is -0.251. The van der Waals surface area contributed by atoms with E-state index in [9.17, 15) is 0 Å². The largest absolute Gasteiger partial charge is 0.347 e. The number of hydrogen-bond acceptors (Lipinski definition) is 2. The van der Waals surface area contributed by atoms with Crippen LogP contribution in [0.1, 0.15) is 46.5 Å². The van der Waals surface area contributed by atoms with Crippen LogP contribution in [0.15, 0.2) is 0 Å². The van der Waals surface area contributed by atoms with Gasteiger partial charge in [0.25, 0.3) is 0 Å². The molecule has 1 heterocycles. The van der Waals surface area contributed by atoms with Crippen LogP contribution in [0.5, 0.6) is 0 Å². The maximum absolute atomic E-state index is 5.98. The highest BCUT2D eigenvalue weighted by molar-refractivity contribution is 4.94. The molecule has 2 unspecified atom stereocenters.